The Hall–Kier alpha value is -1.72. The molecular formula is C29H40N2O2. The Balaban J connectivity index is 1.31. The van der Waals surface area contributed by atoms with Crippen molar-refractivity contribution in [3.8, 4) is 0 Å². The van der Waals surface area contributed by atoms with Gasteiger partial charge < -0.3 is 0 Å². The van der Waals surface area contributed by atoms with Crippen molar-refractivity contribution in [1.82, 2.24) is 10.1 Å². The van der Waals surface area contributed by atoms with Crippen LogP contribution in [0.4, 0.5) is 0 Å². The van der Waals surface area contributed by atoms with Crippen LogP contribution < -0.4 is 0 Å². The Morgan fingerprint density at radius 2 is 0.818 bits per heavy atom. The van der Waals surface area contributed by atoms with Crippen LogP contribution >= 0.6 is 0 Å². The van der Waals surface area contributed by atoms with Crippen LogP contribution in [0, 0.1) is 0 Å². The van der Waals surface area contributed by atoms with Crippen LogP contribution in [0.25, 0.3) is 0 Å². The predicted octanol–water partition coefficient (Wildman–Crippen LogP) is 6.74. The van der Waals surface area contributed by atoms with Crippen molar-refractivity contribution >= 4 is 0 Å². The molecule has 0 radical (unpaired) electrons. The molecule has 1 saturated carbocycles. The minimum Gasteiger partial charge on any atom is -0.294 e. The second-order valence-electron chi connectivity index (χ2n) is 12.2. The quantitative estimate of drug-likeness (QED) is 0.517. The molecule has 4 heteroatoms. The summed E-state index contributed by atoms with van der Waals surface area (Å²) in [5.74, 6) is 0. The van der Waals surface area contributed by atoms with Crippen LogP contribution in [0.2, 0.25) is 0 Å². The monoisotopic (exact) mass is 448 g/mol. The van der Waals surface area contributed by atoms with Gasteiger partial charge in [0.1, 0.15) is 0 Å². The highest BCUT2D eigenvalue weighted by Crippen LogP contribution is 2.52. The smallest absolute Gasteiger partial charge is 0.0820 e. The van der Waals surface area contributed by atoms with Crippen LogP contribution in [-0.2, 0) is 31.8 Å². The van der Waals surface area contributed by atoms with Gasteiger partial charge in [0.15, 0.2) is 0 Å². The first-order valence-corrected chi connectivity index (χ1v) is 12.5. The van der Waals surface area contributed by atoms with Crippen molar-refractivity contribution in [2.75, 3.05) is 0 Å². The molecule has 2 aromatic rings. The van der Waals surface area contributed by atoms with Gasteiger partial charge in [0, 0.05) is 6.42 Å². The lowest BCUT2D eigenvalue weighted by molar-refractivity contribution is -0.301. The third kappa shape index (κ3) is 3.33. The van der Waals surface area contributed by atoms with Gasteiger partial charge in [0.05, 0.1) is 34.4 Å². The molecule has 0 spiro atoms. The molecule has 0 aromatic heterocycles. The average molecular weight is 449 g/mol. The van der Waals surface area contributed by atoms with E-state index in [4.69, 9.17) is 9.68 Å². The number of hydrogen-bond donors (Lipinski definition) is 0. The van der Waals surface area contributed by atoms with E-state index in [-0.39, 0.29) is 34.4 Å². The fourth-order valence-corrected chi connectivity index (χ4v) is 6.85. The van der Waals surface area contributed by atoms with E-state index < -0.39 is 0 Å². The first-order chi connectivity index (χ1) is 15.4. The molecule has 0 saturated heterocycles. The second-order valence-corrected chi connectivity index (χ2v) is 12.2. The van der Waals surface area contributed by atoms with Gasteiger partial charge in [0.25, 0.3) is 0 Å². The minimum atomic E-state index is -0.167. The minimum absolute atomic E-state index is 0.166. The van der Waals surface area contributed by atoms with Gasteiger partial charge in [-0.25, -0.2) is 0 Å². The zero-order valence-electron chi connectivity index (χ0n) is 21.6. The Labute approximate surface area is 199 Å². The molecule has 1 fully saturated rings. The molecule has 1 aliphatic carbocycles. The summed E-state index contributed by atoms with van der Waals surface area (Å²) in [5.41, 5.74) is 4.77. The van der Waals surface area contributed by atoms with E-state index in [0.717, 1.165) is 19.3 Å². The summed E-state index contributed by atoms with van der Waals surface area (Å²) in [6, 6.07) is 17.5. The predicted molar refractivity (Wildman–Crippen MR) is 132 cm³/mol. The van der Waals surface area contributed by atoms with Crippen LogP contribution in [0.1, 0.15) is 96.9 Å². The highest BCUT2D eigenvalue weighted by molar-refractivity contribution is 5.43. The Morgan fingerprint density at radius 1 is 0.545 bits per heavy atom. The number of hydrogen-bond acceptors (Lipinski definition) is 4. The van der Waals surface area contributed by atoms with Gasteiger partial charge in [-0.15, -0.1) is 0 Å². The summed E-state index contributed by atoms with van der Waals surface area (Å²) in [6.45, 7) is 18.2. The maximum atomic E-state index is 6.78. The van der Waals surface area contributed by atoms with Crippen LogP contribution in [-0.4, -0.2) is 22.3 Å². The van der Waals surface area contributed by atoms with E-state index in [2.05, 4.69) is 114 Å². The van der Waals surface area contributed by atoms with Crippen molar-refractivity contribution in [1.29, 1.82) is 0 Å². The molecule has 3 aliphatic rings. The van der Waals surface area contributed by atoms with E-state index in [1.54, 1.807) is 0 Å². The molecule has 0 unspecified atom stereocenters. The molecule has 0 amide bonds. The molecule has 5 rings (SSSR count). The summed E-state index contributed by atoms with van der Waals surface area (Å²) in [7, 11) is 0. The molecule has 2 aromatic carbocycles. The normalized spacial score (nSPS) is 29.2. The summed E-state index contributed by atoms with van der Waals surface area (Å²) in [4.78, 5) is 13.6. The molecule has 0 bridgehead atoms. The van der Waals surface area contributed by atoms with Crippen LogP contribution in [0.15, 0.2) is 48.5 Å². The van der Waals surface area contributed by atoms with Crippen molar-refractivity contribution in [3.05, 3.63) is 70.8 Å². The zero-order chi connectivity index (χ0) is 23.8. The molecule has 2 aliphatic heterocycles. The van der Waals surface area contributed by atoms with Gasteiger partial charge in [-0.2, -0.15) is 10.1 Å². The molecule has 0 N–H and O–H groups in total. The van der Waals surface area contributed by atoms with Crippen molar-refractivity contribution in [2.45, 2.75) is 109 Å². The fourth-order valence-electron chi connectivity index (χ4n) is 6.85. The van der Waals surface area contributed by atoms with Crippen molar-refractivity contribution in [2.24, 2.45) is 0 Å². The topological polar surface area (TPSA) is 24.9 Å². The third-order valence-electron chi connectivity index (χ3n) is 8.37. The molecule has 178 valence electrons. The Bertz CT molecular complexity index is 902. The van der Waals surface area contributed by atoms with E-state index in [9.17, 15) is 0 Å². The number of hydroxylamine groups is 4. The van der Waals surface area contributed by atoms with Gasteiger partial charge in [-0.1, -0.05) is 48.5 Å². The molecule has 33 heavy (non-hydrogen) atoms. The number of nitrogens with zero attached hydrogens (tertiary/aromatic N) is 2. The van der Waals surface area contributed by atoms with E-state index in [1.807, 2.05) is 0 Å². The van der Waals surface area contributed by atoms with E-state index >= 15 is 0 Å². The van der Waals surface area contributed by atoms with Crippen LogP contribution in [0.5, 0.6) is 0 Å². The van der Waals surface area contributed by atoms with Crippen molar-refractivity contribution < 1.29 is 9.68 Å². The number of rotatable bonds is 4. The second kappa shape index (κ2) is 7.39. The highest BCUT2D eigenvalue weighted by atomic mass is 16.7. The van der Waals surface area contributed by atoms with Gasteiger partial charge >= 0.3 is 0 Å². The summed E-state index contributed by atoms with van der Waals surface area (Å²) in [5, 5.41) is 4.49. The van der Waals surface area contributed by atoms with E-state index in [1.165, 1.54) is 22.3 Å². The fraction of sp³-hybridized carbons (Fsp3) is 0.586. The SMILES string of the molecule is CC1(C)c2ccccc2C(C)(C)N1O[C@H]1CC[C@H](ON2C(C)(C)c3ccccc3C2(C)C)C1. The van der Waals surface area contributed by atoms with Crippen molar-refractivity contribution in [3.63, 3.8) is 0 Å². The first-order valence-electron chi connectivity index (χ1n) is 12.5. The lowest BCUT2D eigenvalue weighted by atomic mass is 9.91. The maximum Gasteiger partial charge on any atom is 0.0820 e. The summed E-state index contributed by atoms with van der Waals surface area (Å²) < 4.78 is 0. The highest BCUT2D eigenvalue weighted by Gasteiger charge is 2.53. The largest absolute Gasteiger partial charge is 0.294 e. The zero-order valence-corrected chi connectivity index (χ0v) is 21.6. The van der Waals surface area contributed by atoms with Gasteiger partial charge in [-0.3, -0.25) is 9.68 Å². The molecule has 4 nitrogen and oxygen atoms in total. The number of fused-ring (bicyclic) bond motifs is 2. The standard InChI is InChI=1S/C29H40N2O2/c1-26(2)22-13-9-10-14-23(22)27(3,4)30(26)32-20-17-18-21(19-20)33-31-28(5,6)24-15-11-12-16-25(24)29(31,7)8/h9-16,20-21H,17-19H2,1-8H3/t20-,21-/m0/s1. The molecular weight excluding hydrogens is 408 g/mol. The molecule has 2 heterocycles. The summed E-state index contributed by atoms with van der Waals surface area (Å²) in [6.07, 6.45) is 3.28. The average Bonchev–Trinajstić information content (AvgIpc) is 3.32. The van der Waals surface area contributed by atoms with E-state index in [0.29, 0.717) is 0 Å². The van der Waals surface area contributed by atoms with Gasteiger partial charge in [-0.05, 0) is 90.5 Å². The Morgan fingerprint density at radius 3 is 1.09 bits per heavy atom. The Kier molecular flexibility index (Phi) is 5.16. The first kappa shape index (κ1) is 23.0. The lowest BCUT2D eigenvalue weighted by Gasteiger charge is -2.42. The number of benzene rings is 2. The maximum absolute atomic E-state index is 6.78. The van der Waals surface area contributed by atoms with Crippen LogP contribution in [0.3, 0.4) is 0 Å². The summed E-state index contributed by atoms with van der Waals surface area (Å²) >= 11 is 0. The third-order valence-corrected chi connectivity index (χ3v) is 8.37. The lowest BCUT2D eigenvalue weighted by Crippen LogP contribution is -2.48. The van der Waals surface area contributed by atoms with Gasteiger partial charge in [0.2, 0.25) is 0 Å². The molecule has 2 atom stereocenters.